The Morgan fingerprint density at radius 2 is 1.65 bits per heavy atom. The first-order chi connectivity index (χ1) is 9.79. The van der Waals surface area contributed by atoms with Crippen LogP contribution in [0, 0.1) is 0 Å². The average molecular weight is 262 g/mol. The molecule has 0 N–H and O–H groups in total. The van der Waals surface area contributed by atoms with E-state index in [2.05, 4.69) is 61.5 Å². The van der Waals surface area contributed by atoms with E-state index in [-0.39, 0.29) is 0 Å². The molecule has 0 fully saturated rings. The van der Waals surface area contributed by atoms with Gasteiger partial charge in [0.2, 0.25) is 0 Å². The zero-order valence-electron chi connectivity index (χ0n) is 11.7. The van der Waals surface area contributed by atoms with Gasteiger partial charge in [0.25, 0.3) is 0 Å². The lowest BCUT2D eigenvalue weighted by Crippen LogP contribution is -2.02. The van der Waals surface area contributed by atoms with Crippen molar-refractivity contribution in [1.82, 2.24) is 0 Å². The van der Waals surface area contributed by atoms with Gasteiger partial charge in [-0.05, 0) is 33.5 Å². The van der Waals surface area contributed by atoms with Gasteiger partial charge in [0, 0.05) is 12.8 Å². The third kappa shape index (κ3) is 2.32. The van der Waals surface area contributed by atoms with Crippen molar-refractivity contribution >= 4 is 27.3 Å². The molecule has 100 valence electrons. The van der Waals surface area contributed by atoms with Crippen LogP contribution in [-0.2, 0) is 11.2 Å². The fourth-order valence-corrected chi connectivity index (χ4v) is 2.84. The molecule has 0 radical (unpaired) electrons. The SMILES string of the molecule is CCCC(=O)Cc1cccc2c1ccc1ccccc12. The van der Waals surface area contributed by atoms with E-state index in [9.17, 15) is 4.79 Å². The summed E-state index contributed by atoms with van der Waals surface area (Å²) in [6.45, 7) is 2.05. The number of carbonyl (C=O) groups is 1. The molecule has 0 bridgehead atoms. The summed E-state index contributed by atoms with van der Waals surface area (Å²) in [4.78, 5) is 11.9. The highest BCUT2D eigenvalue weighted by Gasteiger charge is 2.08. The van der Waals surface area contributed by atoms with Gasteiger partial charge in [0.05, 0.1) is 0 Å². The van der Waals surface area contributed by atoms with Crippen LogP contribution in [-0.4, -0.2) is 5.78 Å². The molecule has 20 heavy (non-hydrogen) atoms. The number of benzene rings is 3. The molecular formula is C19H18O. The van der Waals surface area contributed by atoms with Crippen LogP contribution >= 0.6 is 0 Å². The summed E-state index contributed by atoms with van der Waals surface area (Å²) in [5.41, 5.74) is 1.15. The van der Waals surface area contributed by atoms with E-state index in [4.69, 9.17) is 0 Å². The highest BCUT2D eigenvalue weighted by atomic mass is 16.1. The van der Waals surface area contributed by atoms with Crippen LogP contribution in [0.2, 0.25) is 0 Å². The molecule has 0 saturated heterocycles. The Morgan fingerprint density at radius 1 is 0.850 bits per heavy atom. The van der Waals surface area contributed by atoms with E-state index in [0.29, 0.717) is 18.6 Å². The molecule has 0 atom stereocenters. The standard InChI is InChI=1S/C19H18O/c1-2-6-16(20)13-15-8-5-10-19-17-9-4-3-7-14(17)11-12-18(15)19/h3-5,7-12H,2,6,13H2,1H3. The fraction of sp³-hybridized carbons (Fsp3) is 0.211. The van der Waals surface area contributed by atoms with E-state index < -0.39 is 0 Å². The maximum Gasteiger partial charge on any atom is 0.137 e. The van der Waals surface area contributed by atoms with E-state index in [1.807, 2.05) is 0 Å². The van der Waals surface area contributed by atoms with Crippen molar-refractivity contribution in [3.05, 3.63) is 60.2 Å². The van der Waals surface area contributed by atoms with Gasteiger partial charge in [-0.2, -0.15) is 0 Å². The van der Waals surface area contributed by atoms with E-state index in [1.54, 1.807) is 0 Å². The topological polar surface area (TPSA) is 17.1 Å². The molecule has 3 aromatic rings. The van der Waals surface area contributed by atoms with Gasteiger partial charge in [-0.3, -0.25) is 4.79 Å². The summed E-state index contributed by atoms with van der Waals surface area (Å²) >= 11 is 0. The minimum atomic E-state index is 0.327. The monoisotopic (exact) mass is 262 g/mol. The molecule has 0 aliphatic rings. The third-order valence-electron chi connectivity index (χ3n) is 3.79. The summed E-state index contributed by atoms with van der Waals surface area (Å²) in [6, 6.07) is 19.0. The van der Waals surface area contributed by atoms with Crippen molar-refractivity contribution in [3.8, 4) is 0 Å². The number of carbonyl (C=O) groups excluding carboxylic acids is 1. The predicted octanol–water partition coefficient (Wildman–Crippen LogP) is 4.90. The van der Waals surface area contributed by atoms with Gasteiger partial charge in [-0.1, -0.05) is 61.5 Å². The van der Waals surface area contributed by atoms with E-state index in [0.717, 1.165) is 12.0 Å². The van der Waals surface area contributed by atoms with E-state index in [1.165, 1.54) is 21.5 Å². The molecule has 0 aliphatic heterocycles. The van der Waals surface area contributed by atoms with Gasteiger partial charge in [-0.15, -0.1) is 0 Å². The molecule has 0 amide bonds. The maximum absolute atomic E-state index is 11.9. The largest absolute Gasteiger partial charge is 0.299 e. The molecule has 0 saturated carbocycles. The van der Waals surface area contributed by atoms with Crippen molar-refractivity contribution in [2.24, 2.45) is 0 Å². The first kappa shape index (κ1) is 12.9. The number of ketones is 1. The van der Waals surface area contributed by atoms with Crippen molar-refractivity contribution in [2.75, 3.05) is 0 Å². The van der Waals surface area contributed by atoms with Crippen LogP contribution in [0.25, 0.3) is 21.5 Å². The van der Waals surface area contributed by atoms with Crippen LogP contribution in [0.1, 0.15) is 25.3 Å². The smallest absolute Gasteiger partial charge is 0.137 e. The summed E-state index contributed by atoms with van der Waals surface area (Å²) in [5, 5.41) is 4.95. The molecule has 0 spiro atoms. The van der Waals surface area contributed by atoms with Crippen LogP contribution in [0.5, 0.6) is 0 Å². The highest BCUT2D eigenvalue weighted by molar-refractivity contribution is 6.09. The van der Waals surface area contributed by atoms with Crippen molar-refractivity contribution in [3.63, 3.8) is 0 Å². The second-order valence-electron chi connectivity index (χ2n) is 5.26. The lowest BCUT2D eigenvalue weighted by atomic mass is 9.95. The second kappa shape index (κ2) is 5.46. The summed E-state index contributed by atoms with van der Waals surface area (Å²) < 4.78 is 0. The summed E-state index contributed by atoms with van der Waals surface area (Å²) in [6.07, 6.45) is 2.14. The number of fused-ring (bicyclic) bond motifs is 3. The Kier molecular flexibility index (Phi) is 3.51. The Hall–Kier alpha value is -2.15. The maximum atomic E-state index is 11.9. The Bertz CT molecular complexity index is 771. The van der Waals surface area contributed by atoms with Gasteiger partial charge >= 0.3 is 0 Å². The first-order valence-corrected chi connectivity index (χ1v) is 7.20. The first-order valence-electron chi connectivity index (χ1n) is 7.20. The normalized spacial score (nSPS) is 11.1. The van der Waals surface area contributed by atoms with Gasteiger partial charge in [0.1, 0.15) is 5.78 Å². The highest BCUT2D eigenvalue weighted by Crippen LogP contribution is 2.28. The molecule has 0 heterocycles. The molecule has 1 heteroatoms. The average Bonchev–Trinajstić information content (AvgIpc) is 2.47. The van der Waals surface area contributed by atoms with Gasteiger partial charge in [-0.25, -0.2) is 0 Å². The zero-order chi connectivity index (χ0) is 13.9. The van der Waals surface area contributed by atoms with Gasteiger partial charge in [0.15, 0.2) is 0 Å². The molecule has 3 rings (SSSR count). The Labute approximate surface area is 119 Å². The lowest BCUT2D eigenvalue weighted by Gasteiger charge is -2.08. The van der Waals surface area contributed by atoms with Crippen molar-refractivity contribution in [2.45, 2.75) is 26.2 Å². The molecule has 3 aromatic carbocycles. The minimum Gasteiger partial charge on any atom is -0.299 e. The number of rotatable bonds is 4. The Balaban J connectivity index is 2.15. The van der Waals surface area contributed by atoms with E-state index >= 15 is 0 Å². The quantitative estimate of drug-likeness (QED) is 0.611. The molecule has 0 aromatic heterocycles. The second-order valence-corrected chi connectivity index (χ2v) is 5.26. The fourth-order valence-electron chi connectivity index (χ4n) is 2.84. The van der Waals surface area contributed by atoms with Crippen molar-refractivity contribution < 1.29 is 4.79 Å². The Morgan fingerprint density at radius 3 is 2.50 bits per heavy atom. The summed E-state index contributed by atoms with van der Waals surface area (Å²) in [5.74, 6) is 0.327. The lowest BCUT2D eigenvalue weighted by molar-refractivity contribution is -0.118. The van der Waals surface area contributed by atoms with Crippen molar-refractivity contribution in [1.29, 1.82) is 0 Å². The zero-order valence-corrected chi connectivity index (χ0v) is 11.7. The number of hydrogen-bond donors (Lipinski definition) is 0. The molecule has 0 aliphatic carbocycles. The van der Waals surface area contributed by atoms with Crippen LogP contribution in [0.4, 0.5) is 0 Å². The summed E-state index contributed by atoms with van der Waals surface area (Å²) in [7, 11) is 0. The minimum absolute atomic E-state index is 0.327. The number of hydrogen-bond acceptors (Lipinski definition) is 1. The predicted molar refractivity (Wildman–Crippen MR) is 85.1 cm³/mol. The molecule has 0 unspecified atom stereocenters. The third-order valence-corrected chi connectivity index (χ3v) is 3.79. The molecule has 1 nitrogen and oxygen atoms in total. The number of Topliss-reactive ketones (excluding diaryl/α,β-unsaturated/α-hetero) is 1. The van der Waals surface area contributed by atoms with Crippen LogP contribution in [0.3, 0.4) is 0 Å². The van der Waals surface area contributed by atoms with Crippen LogP contribution in [0.15, 0.2) is 54.6 Å². The van der Waals surface area contributed by atoms with Gasteiger partial charge < -0.3 is 0 Å². The molecular weight excluding hydrogens is 244 g/mol. The van der Waals surface area contributed by atoms with Crippen LogP contribution < -0.4 is 0 Å².